The molecular formula is C17H24N2O4. The van der Waals surface area contributed by atoms with Crippen LogP contribution in [0.4, 0.5) is 0 Å². The summed E-state index contributed by atoms with van der Waals surface area (Å²) in [6.45, 7) is 0.756. The molecule has 0 bridgehead atoms. The molecule has 126 valence electrons. The molecule has 0 aliphatic carbocycles. The lowest BCUT2D eigenvalue weighted by Crippen LogP contribution is -2.26. The van der Waals surface area contributed by atoms with E-state index in [1.165, 1.54) is 5.56 Å². The number of hydrogen-bond acceptors (Lipinski definition) is 4. The summed E-state index contributed by atoms with van der Waals surface area (Å²) >= 11 is 0. The van der Waals surface area contributed by atoms with Crippen LogP contribution >= 0.6 is 0 Å². The minimum atomic E-state index is -1.22. The summed E-state index contributed by atoms with van der Waals surface area (Å²) < 4.78 is 0. The van der Waals surface area contributed by atoms with E-state index in [9.17, 15) is 14.8 Å². The number of benzene rings is 1. The Labute approximate surface area is 136 Å². The molecule has 1 aromatic carbocycles. The van der Waals surface area contributed by atoms with Gasteiger partial charge >= 0.3 is 5.97 Å². The minimum Gasteiger partial charge on any atom is -0.478 e. The zero-order valence-electron chi connectivity index (χ0n) is 13.1. The Morgan fingerprint density at radius 2 is 1.61 bits per heavy atom. The molecule has 0 aliphatic rings. The van der Waals surface area contributed by atoms with Gasteiger partial charge in [-0.2, -0.15) is 0 Å². The number of nitrogens with two attached hydrogens (primary N) is 1. The van der Waals surface area contributed by atoms with Crippen molar-refractivity contribution in [1.29, 1.82) is 0 Å². The molecule has 0 fully saturated rings. The van der Waals surface area contributed by atoms with E-state index in [0.29, 0.717) is 24.1 Å². The first-order valence-electron chi connectivity index (χ1n) is 7.72. The van der Waals surface area contributed by atoms with Crippen LogP contribution in [0.3, 0.4) is 0 Å². The highest BCUT2D eigenvalue weighted by Gasteiger charge is 2.06. The largest absolute Gasteiger partial charge is 0.478 e. The molecule has 1 rings (SSSR count). The molecule has 0 radical (unpaired) electrons. The summed E-state index contributed by atoms with van der Waals surface area (Å²) in [5.74, 6) is -1.93. The Balaban J connectivity index is 2.12. The first kappa shape index (κ1) is 18.9. The predicted octanol–water partition coefficient (Wildman–Crippen LogP) is 2.11. The molecule has 1 amide bonds. The van der Waals surface area contributed by atoms with Crippen LogP contribution in [-0.4, -0.2) is 33.8 Å². The fraction of sp³-hybridized carbons (Fsp3) is 0.412. The number of amides is 1. The first-order chi connectivity index (χ1) is 11.0. The van der Waals surface area contributed by atoms with Crippen LogP contribution in [0, 0.1) is 0 Å². The Kier molecular flexibility index (Phi) is 8.64. The average molecular weight is 320 g/mol. The van der Waals surface area contributed by atoms with Crippen LogP contribution in [0.25, 0.3) is 0 Å². The average Bonchev–Trinajstić information content (AvgIpc) is 2.56. The van der Waals surface area contributed by atoms with E-state index in [2.05, 4.69) is 12.1 Å². The predicted molar refractivity (Wildman–Crippen MR) is 86.8 cm³/mol. The van der Waals surface area contributed by atoms with Crippen LogP contribution in [0.5, 0.6) is 0 Å². The van der Waals surface area contributed by atoms with E-state index < -0.39 is 11.9 Å². The molecular weight excluding hydrogens is 296 g/mol. The van der Waals surface area contributed by atoms with Gasteiger partial charge < -0.3 is 10.8 Å². The van der Waals surface area contributed by atoms with Crippen LogP contribution < -0.4 is 5.73 Å². The van der Waals surface area contributed by atoms with Crippen molar-refractivity contribution < 1.29 is 19.9 Å². The van der Waals surface area contributed by atoms with Crippen molar-refractivity contribution in [3.05, 3.63) is 47.5 Å². The summed E-state index contributed by atoms with van der Waals surface area (Å²) in [5, 5.41) is 18.4. The molecule has 0 aliphatic heterocycles. The van der Waals surface area contributed by atoms with Gasteiger partial charge in [0.1, 0.15) is 0 Å². The van der Waals surface area contributed by atoms with E-state index in [1.807, 2.05) is 12.1 Å². The monoisotopic (exact) mass is 320 g/mol. The number of hydrogen-bond donors (Lipinski definition) is 3. The first-order valence-corrected chi connectivity index (χ1v) is 7.72. The van der Waals surface area contributed by atoms with Gasteiger partial charge in [-0.05, 0) is 30.4 Å². The number of carbonyl (C=O) groups is 2. The maximum absolute atomic E-state index is 11.3. The maximum Gasteiger partial charge on any atom is 0.328 e. The molecule has 23 heavy (non-hydrogen) atoms. The molecule has 0 aromatic heterocycles. The lowest BCUT2D eigenvalue weighted by Gasteiger charge is -2.12. The number of carboxylic acid groups (broad SMARTS) is 1. The Bertz CT molecular complexity index is 526. The quantitative estimate of drug-likeness (QED) is 0.265. The number of nitrogens with zero attached hydrogens (tertiary/aromatic N) is 1. The SMILES string of the molecule is NCc1ccc(CCCCCCN(O)C(=O)/C=C/C(=O)O)cc1. The number of aryl methyl sites for hydroxylation is 1. The van der Waals surface area contributed by atoms with Gasteiger partial charge in [0.05, 0.1) is 0 Å². The van der Waals surface area contributed by atoms with Gasteiger partial charge in [-0.1, -0.05) is 37.1 Å². The van der Waals surface area contributed by atoms with Gasteiger partial charge in [-0.3, -0.25) is 10.0 Å². The van der Waals surface area contributed by atoms with Crippen molar-refractivity contribution in [3.63, 3.8) is 0 Å². The van der Waals surface area contributed by atoms with Crippen molar-refractivity contribution in [2.75, 3.05) is 6.54 Å². The van der Waals surface area contributed by atoms with Crippen LogP contribution in [0.1, 0.15) is 36.8 Å². The third kappa shape index (κ3) is 8.13. The number of hydroxylamine groups is 2. The van der Waals surface area contributed by atoms with E-state index in [-0.39, 0.29) is 6.54 Å². The summed E-state index contributed by atoms with van der Waals surface area (Å²) in [5.41, 5.74) is 7.95. The lowest BCUT2D eigenvalue weighted by molar-refractivity contribution is -0.159. The van der Waals surface area contributed by atoms with Crippen molar-refractivity contribution in [2.24, 2.45) is 5.73 Å². The molecule has 0 heterocycles. The van der Waals surface area contributed by atoms with Crippen molar-refractivity contribution >= 4 is 11.9 Å². The van der Waals surface area contributed by atoms with Gasteiger partial charge in [0.25, 0.3) is 5.91 Å². The Hall–Kier alpha value is -2.18. The van der Waals surface area contributed by atoms with Crippen LogP contribution in [0.15, 0.2) is 36.4 Å². The van der Waals surface area contributed by atoms with Crippen molar-refractivity contribution in [3.8, 4) is 0 Å². The summed E-state index contributed by atoms with van der Waals surface area (Å²) in [6.07, 6.45) is 6.16. The molecule has 0 saturated carbocycles. The normalized spacial score (nSPS) is 10.9. The number of aliphatic carboxylic acids is 1. The molecule has 1 aromatic rings. The smallest absolute Gasteiger partial charge is 0.328 e. The second-order valence-electron chi connectivity index (χ2n) is 5.32. The van der Waals surface area contributed by atoms with E-state index >= 15 is 0 Å². The molecule has 0 atom stereocenters. The van der Waals surface area contributed by atoms with Gasteiger partial charge in [0.15, 0.2) is 0 Å². The summed E-state index contributed by atoms with van der Waals surface area (Å²) in [7, 11) is 0. The van der Waals surface area contributed by atoms with E-state index in [0.717, 1.165) is 37.3 Å². The fourth-order valence-corrected chi connectivity index (χ4v) is 2.13. The molecule has 6 heteroatoms. The van der Waals surface area contributed by atoms with Crippen molar-refractivity contribution in [1.82, 2.24) is 5.06 Å². The summed E-state index contributed by atoms with van der Waals surface area (Å²) in [4.78, 5) is 21.6. The maximum atomic E-state index is 11.3. The molecule has 0 spiro atoms. The van der Waals surface area contributed by atoms with Gasteiger partial charge in [-0.25, -0.2) is 9.86 Å². The highest BCUT2D eigenvalue weighted by atomic mass is 16.5. The fourth-order valence-electron chi connectivity index (χ4n) is 2.13. The Morgan fingerprint density at radius 3 is 2.22 bits per heavy atom. The van der Waals surface area contributed by atoms with Gasteiger partial charge in [0, 0.05) is 25.2 Å². The zero-order chi connectivity index (χ0) is 17.1. The van der Waals surface area contributed by atoms with Crippen molar-refractivity contribution in [2.45, 2.75) is 38.6 Å². The summed E-state index contributed by atoms with van der Waals surface area (Å²) in [6, 6.07) is 8.25. The van der Waals surface area contributed by atoms with Crippen LogP contribution in [0.2, 0.25) is 0 Å². The molecule has 6 nitrogen and oxygen atoms in total. The molecule has 0 saturated heterocycles. The molecule has 0 unspecified atom stereocenters. The number of carboxylic acids is 1. The third-order valence-corrected chi connectivity index (χ3v) is 3.47. The third-order valence-electron chi connectivity index (χ3n) is 3.47. The Morgan fingerprint density at radius 1 is 1.00 bits per heavy atom. The molecule has 4 N–H and O–H groups in total. The lowest BCUT2D eigenvalue weighted by atomic mass is 10.0. The van der Waals surface area contributed by atoms with Crippen LogP contribution in [-0.2, 0) is 22.6 Å². The standard InChI is InChI=1S/C17H24N2O4/c18-13-15-8-6-14(7-9-15)5-3-1-2-4-12-19(23)16(20)10-11-17(21)22/h6-11,23H,1-5,12-13,18H2,(H,21,22)/b11-10+. The highest BCUT2D eigenvalue weighted by molar-refractivity contribution is 5.93. The second kappa shape index (κ2) is 10.5. The minimum absolute atomic E-state index is 0.202. The zero-order valence-corrected chi connectivity index (χ0v) is 13.1. The van der Waals surface area contributed by atoms with Gasteiger partial charge in [-0.15, -0.1) is 0 Å². The number of unbranched alkanes of at least 4 members (excludes halogenated alkanes) is 3. The van der Waals surface area contributed by atoms with Gasteiger partial charge in [0.2, 0.25) is 0 Å². The van der Waals surface area contributed by atoms with E-state index in [1.54, 1.807) is 0 Å². The van der Waals surface area contributed by atoms with E-state index in [4.69, 9.17) is 10.8 Å². The topological polar surface area (TPSA) is 104 Å². The number of rotatable bonds is 10. The second-order valence-corrected chi connectivity index (χ2v) is 5.32. The highest BCUT2D eigenvalue weighted by Crippen LogP contribution is 2.10. The number of carbonyl (C=O) groups excluding carboxylic acids is 1.